The van der Waals surface area contributed by atoms with Crippen LogP contribution in [0.1, 0.15) is 12.5 Å². The lowest BCUT2D eigenvalue weighted by Gasteiger charge is -2.15. The fourth-order valence-electron chi connectivity index (χ4n) is 1.89. The van der Waals surface area contributed by atoms with Gasteiger partial charge in [-0.25, -0.2) is 0 Å². The molecule has 0 saturated carbocycles. The second kappa shape index (κ2) is 8.44. The van der Waals surface area contributed by atoms with Gasteiger partial charge in [-0.15, -0.1) is 0 Å². The van der Waals surface area contributed by atoms with E-state index in [1.165, 1.54) is 0 Å². The summed E-state index contributed by atoms with van der Waals surface area (Å²) < 4.78 is 11.1. The second-order valence-electron chi connectivity index (χ2n) is 5.17. The summed E-state index contributed by atoms with van der Waals surface area (Å²) in [5.41, 5.74) is 1.15. The SMILES string of the molecule is Cc1ccc(OC(C)C(=O)NCCOc2ccc(Cl)cc2)cc1. The van der Waals surface area contributed by atoms with Gasteiger partial charge in [0.25, 0.3) is 5.91 Å². The molecule has 0 saturated heterocycles. The Labute approximate surface area is 141 Å². The number of hydrogen-bond donors (Lipinski definition) is 1. The molecule has 4 nitrogen and oxygen atoms in total. The van der Waals surface area contributed by atoms with Crippen molar-refractivity contribution < 1.29 is 14.3 Å². The molecule has 0 aromatic heterocycles. The van der Waals surface area contributed by atoms with Crippen molar-refractivity contribution in [3.63, 3.8) is 0 Å². The maximum atomic E-state index is 12.0. The molecule has 1 amide bonds. The smallest absolute Gasteiger partial charge is 0.260 e. The summed E-state index contributed by atoms with van der Waals surface area (Å²) in [5.74, 6) is 1.22. The highest BCUT2D eigenvalue weighted by Crippen LogP contribution is 2.15. The predicted octanol–water partition coefficient (Wildman–Crippen LogP) is 3.61. The van der Waals surface area contributed by atoms with Crippen LogP contribution in [0.4, 0.5) is 0 Å². The van der Waals surface area contributed by atoms with Crippen LogP contribution in [0, 0.1) is 6.92 Å². The number of benzene rings is 2. The summed E-state index contributed by atoms with van der Waals surface area (Å²) in [4.78, 5) is 12.0. The molecular weight excluding hydrogens is 314 g/mol. The zero-order valence-corrected chi connectivity index (χ0v) is 14.0. The van der Waals surface area contributed by atoms with Crippen molar-refractivity contribution in [3.05, 3.63) is 59.1 Å². The van der Waals surface area contributed by atoms with Gasteiger partial charge in [0.2, 0.25) is 0 Å². The van der Waals surface area contributed by atoms with Crippen molar-refractivity contribution in [1.29, 1.82) is 0 Å². The van der Waals surface area contributed by atoms with Gasteiger partial charge in [-0.3, -0.25) is 4.79 Å². The third-order valence-corrected chi connectivity index (χ3v) is 3.44. The Morgan fingerprint density at radius 1 is 1.09 bits per heavy atom. The highest BCUT2D eigenvalue weighted by molar-refractivity contribution is 6.30. The lowest BCUT2D eigenvalue weighted by molar-refractivity contribution is -0.127. The lowest BCUT2D eigenvalue weighted by atomic mass is 10.2. The number of ether oxygens (including phenoxy) is 2. The summed E-state index contributed by atoms with van der Waals surface area (Å²) in [5, 5.41) is 3.44. The standard InChI is InChI=1S/C18H20ClNO3/c1-13-3-7-17(8-4-13)23-14(2)18(21)20-11-12-22-16-9-5-15(19)6-10-16/h3-10,14H,11-12H2,1-2H3,(H,20,21). The highest BCUT2D eigenvalue weighted by atomic mass is 35.5. The first-order valence-electron chi connectivity index (χ1n) is 7.44. The van der Waals surface area contributed by atoms with E-state index in [9.17, 15) is 4.79 Å². The van der Waals surface area contributed by atoms with Crippen LogP contribution in [0.25, 0.3) is 0 Å². The topological polar surface area (TPSA) is 47.6 Å². The molecule has 1 N–H and O–H groups in total. The van der Waals surface area contributed by atoms with Gasteiger partial charge in [0, 0.05) is 5.02 Å². The molecule has 1 atom stereocenters. The number of aryl methyl sites for hydroxylation is 1. The quantitative estimate of drug-likeness (QED) is 0.787. The Bertz CT molecular complexity index is 626. The Morgan fingerprint density at radius 2 is 1.70 bits per heavy atom. The van der Waals surface area contributed by atoms with E-state index in [1.807, 2.05) is 31.2 Å². The van der Waals surface area contributed by atoms with Crippen LogP contribution in [0.15, 0.2) is 48.5 Å². The summed E-state index contributed by atoms with van der Waals surface area (Å²) in [6, 6.07) is 14.7. The molecule has 0 heterocycles. The Morgan fingerprint density at radius 3 is 2.35 bits per heavy atom. The van der Waals surface area contributed by atoms with Gasteiger partial charge in [-0.05, 0) is 50.2 Å². The van der Waals surface area contributed by atoms with Crippen LogP contribution < -0.4 is 14.8 Å². The number of rotatable bonds is 7. The Balaban J connectivity index is 1.69. The molecule has 0 fully saturated rings. The molecule has 5 heteroatoms. The molecule has 0 aliphatic rings. The van der Waals surface area contributed by atoms with E-state index in [0.29, 0.717) is 29.7 Å². The van der Waals surface area contributed by atoms with Crippen molar-refractivity contribution in [2.45, 2.75) is 20.0 Å². The Kier molecular flexibility index (Phi) is 6.29. The van der Waals surface area contributed by atoms with Crippen LogP contribution in [0.3, 0.4) is 0 Å². The average molecular weight is 334 g/mol. The average Bonchev–Trinajstić information content (AvgIpc) is 2.55. The first kappa shape index (κ1) is 17.2. The van der Waals surface area contributed by atoms with Crippen molar-refractivity contribution in [2.24, 2.45) is 0 Å². The molecule has 0 spiro atoms. The van der Waals surface area contributed by atoms with Crippen molar-refractivity contribution in [2.75, 3.05) is 13.2 Å². The van der Waals surface area contributed by atoms with Gasteiger partial charge in [0.15, 0.2) is 6.10 Å². The maximum absolute atomic E-state index is 12.0. The van der Waals surface area contributed by atoms with E-state index < -0.39 is 6.10 Å². The lowest BCUT2D eigenvalue weighted by Crippen LogP contribution is -2.38. The van der Waals surface area contributed by atoms with Gasteiger partial charge in [-0.2, -0.15) is 0 Å². The van der Waals surface area contributed by atoms with E-state index in [4.69, 9.17) is 21.1 Å². The molecule has 2 aromatic rings. The number of amides is 1. The number of carbonyl (C=O) groups is 1. The molecule has 2 rings (SSSR count). The van der Waals surface area contributed by atoms with E-state index >= 15 is 0 Å². The molecule has 0 aliphatic carbocycles. The van der Waals surface area contributed by atoms with Crippen LogP contribution in [-0.4, -0.2) is 25.2 Å². The summed E-state index contributed by atoms with van der Waals surface area (Å²) in [6.07, 6.45) is -0.562. The van der Waals surface area contributed by atoms with Crippen LogP contribution in [0.2, 0.25) is 5.02 Å². The summed E-state index contributed by atoms with van der Waals surface area (Å²) in [7, 11) is 0. The number of carbonyl (C=O) groups excluding carboxylic acids is 1. The zero-order valence-electron chi connectivity index (χ0n) is 13.2. The van der Waals surface area contributed by atoms with E-state index in [0.717, 1.165) is 5.56 Å². The molecule has 122 valence electrons. The molecular formula is C18H20ClNO3. The molecule has 1 unspecified atom stereocenters. The van der Waals surface area contributed by atoms with Crippen molar-refractivity contribution >= 4 is 17.5 Å². The third-order valence-electron chi connectivity index (χ3n) is 3.19. The molecule has 2 aromatic carbocycles. The molecule has 0 radical (unpaired) electrons. The number of hydrogen-bond acceptors (Lipinski definition) is 3. The Hall–Kier alpha value is -2.20. The maximum Gasteiger partial charge on any atom is 0.260 e. The van der Waals surface area contributed by atoms with Crippen LogP contribution in [0.5, 0.6) is 11.5 Å². The minimum absolute atomic E-state index is 0.176. The van der Waals surface area contributed by atoms with Gasteiger partial charge < -0.3 is 14.8 Å². The fraction of sp³-hybridized carbons (Fsp3) is 0.278. The minimum atomic E-state index is -0.562. The van der Waals surface area contributed by atoms with E-state index in [1.54, 1.807) is 31.2 Å². The fourth-order valence-corrected chi connectivity index (χ4v) is 2.02. The molecule has 23 heavy (non-hydrogen) atoms. The summed E-state index contributed by atoms with van der Waals surface area (Å²) in [6.45, 7) is 4.50. The predicted molar refractivity (Wildman–Crippen MR) is 91.2 cm³/mol. The van der Waals surface area contributed by atoms with Gasteiger partial charge >= 0.3 is 0 Å². The molecule has 0 bridgehead atoms. The van der Waals surface area contributed by atoms with Crippen LogP contribution >= 0.6 is 11.6 Å². The zero-order chi connectivity index (χ0) is 16.7. The first-order chi connectivity index (χ1) is 11.0. The van der Waals surface area contributed by atoms with E-state index in [2.05, 4.69) is 5.32 Å². The largest absolute Gasteiger partial charge is 0.492 e. The molecule has 0 aliphatic heterocycles. The minimum Gasteiger partial charge on any atom is -0.492 e. The van der Waals surface area contributed by atoms with Crippen molar-refractivity contribution in [3.8, 4) is 11.5 Å². The third kappa shape index (κ3) is 5.83. The van der Waals surface area contributed by atoms with E-state index in [-0.39, 0.29) is 5.91 Å². The second-order valence-corrected chi connectivity index (χ2v) is 5.60. The van der Waals surface area contributed by atoms with Gasteiger partial charge in [0.05, 0.1) is 6.54 Å². The van der Waals surface area contributed by atoms with Crippen molar-refractivity contribution in [1.82, 2.24) is 5.32 Å². The van der Waals surface area contributed by atoms with Crippen LogP contribution in [-0.2, 0) is 4.79 Å². The highest BCUT2D eigenvalue weighted by Gasteiger charge is 2.13. The van der Waals surface area contributed by atoms with Gasteiger partial charge in [-0.1, -0.05) is 29.3 Å². The number of halogens is 1. The first-order valence-corrected chi connectivity index (χ1v) is 7.82. The summed E-state index contributed by atoms with van der Waals surface area (Å²) >= 11 is 5.80. The monoisotopic (exact) mass is 333 g/mol. The number of nitrogens with one attached hydrogen (secondary N) is 1. The van der Waals surface area contributed by atoms with Gasteiger partial charge in [0.1, 0.15) is 18.1 Å². The normalized spacial score (nSPS) is 11.6.